The van der Waals surface area contributed by atoms with Crippen LogP contribution in [0.5, 0.6) is 0 Å². The number of esters is 3. The van der Waals surface area contributed by atoms with Crippen molar-refractivity contribution in [3.8, 4) is 68.3 Å². The number of carbonyl (C=O) groups excluding carboxylic acids is 4. The molecule has 1 fully saturated rings. The number of aromatic nitrogens is 8. The van der Waals surface area contributed by atoms with Crippen molar-refractivity contribution in [1.29, 1.82) is 0 Å². The molecule has 592 valence electrons. The molecule has 1 aliphatic rings. The lowest BCUT2D eigenvalue weighted by atomic mass is 10.2. The third-order valence-corrected chi connectivity index (χ3v) is 21.6. The fourth-order valence-electron chi connectivity index (χ4n) is 11.7. The number of nitrogens with one attached hydrogen (secondary N) is 1. The molecule has 0 unspecified atom stereocenters. The molecule has 32 heteroatoms. The van der Waals surface area contributed by atoms with Gasteiger partial charge in [0.25, 0.3) is 5.91 Å². The van der Waals surface area contributed by atoms with Crippen LogP contribution < -0.4 is 5.43 Å². The van der Waals surface area contributed by atoms with Crippen LogP contribution in [0.25, 0.3) is 68.3 Å². The van der Waals surface area contributed by atoms with Crippen LogP contribution in [0.15, 0.2) is 188 Å². The summed E-state index contributed by atoms with van der Waals surface area (Å²) in [5, 5.41) is 26.2. The summed E-state index contributed by atoms with van der Waals surface area (Å²) < 4.78 is 26.3. The van der Waals surface area contributed by atoms with Gasteiger partial charge < -0.3 is 24.4 Å². The Labute approximate surface area is 736 Å². The molecule has 0 atom stereocenters. The van der Waals surface area contributed by atoms with E-state index >= 15 is 0 Å². The molecule has 5 heterocycles. The number of imidazole rings is 4. The van der Waals surface area contributed by atoms with Gasteiger partial charge in [0.05, 0.1) is 75.9 Å². The molecular weight excluding hydrogens is 1940 g/mol. The quantitative estimate of drug-likeness (QED) is 0.0389. The number of hydrazine groups is 1. The maximum Gasteiger partial charge on any atom is 0.358 e. The molecular formula is C81H73Br5Cl8N10O9. The van der Waals surface area contributed by atoms with Crippen LogP contribution in [0, 0.1) is 6.92 Å². The highest BCUT2D eigenvalue weighted by Gasteiger charge is 2.31. The number of carbonyl (C=O) groups is 4. The predicted molar refractivity (Wildman–Crippen MR) is 470 cm³/mol. The molecule has 0 spiro atoms. The summed E-state index contributed by atoms with van der Waals surface area (Å²) in [6.45, 7) is 8.62. The summed E-state index contributed by atoms with van der Waals surface area (Å²) in [5.74, 6) is 0.0483. The number of aliphatic hydroxyl groups is 2. The van der Waals surface area contributed by atoms with E-state index in [1.807, 2.05) is 118 Å². The normalized spacial score (nSPS) is 11.7. The molecule has 13 rings (SSSR count). The molecule has 12 aromatic rings. The molecule has 1 saturated heterocycles. The van der Waals surface area contributed by atoms with Crippen molar-refractivity contribution < 1.29 is 43.6 Å². The highest BCUT2D eigenvalue weighted by Crippen LogP contribution is 2.40. The second kappa shape index (κ2) is 42.8. The predicted octanol–water partition coefficient (Wildman–Crippen LogP) is 24.6. The van der Waals surface area contributed by atoms with E-state index in [2.05, 4.69) is 105 Å². The molecule has 0 radical (unpaired) electrons. The van der Waals surface area contributed by atoms with Crippen molar-refractivity contribution in [2.45, 2.75) is 80.4 Å². The highest BCUT2D eigenvalue weighted by molar-refractivity contribution is 9.11. The van der Waals surface area contributed by atoms with E-state index in [-0.39, 0.29) is 70.0 Å². The fourth-order valence-corrected chi connectivity index (χ4v) is 15.2. The van der Waals surface area contributed by atoms with Crippen molar-refractivity contribution in [3.63, 3.8) is 0 Å². The van der Waals surface area contributed by atoms with Gasteiger partial charge >= 0.3 is 17.9 Å². The number of benzene rings is 8. The summed E-state index contributed by atoms with van der Waals surface area (Å²) in [6.07, 6.45) is 3.23. The Bertz CT molecular complexity index is 5190. The molecule has 1 amide bonds. The third-order valence-electron chi connectivity index (χ3n) is 16.7. The lowest BCUT2D eigenvalue weighted by Crippen LogP contribution is -2.45. The number of nitrogens with zero attached hydrogens (tertiary/aromatic N) is 9. The first kappa shape index (κ1) is 91.6. The van der Waals surface area contributed by atoms with Gasteiger partial charge in [-0.15, -0.1) is 0 Å². The summed E-state index contributed by atoms with van der Waals surface area (Å²) in [6, 6.07) is 50.8. The fraction of sp³-hybridized carbons (Fsp3) is 0.210. The average Bonchev–Trinajstić information content (AvgIpc) is 1.64. The van der Waals surface area contributed by atoms with E-state index in [0.29, 0.717) is 120 Å². The number of hydrogen-bond acceptors (Lipinski definition) is 14. The Morgan fingerprint density at radius 3 is 0.982 bits per heavy atom. The van der Waals surface area contributed by atoms with Crippen LogP contribution in [0.1, 0.15) is 120 Å². The maximum absolute atomic E-state index is 13.1. The van der Waals surface area contributed by atoms with Gasteiger partial charge in [-0.05, 0) is 210 Å². The second-order valence-electron chi connectivity index (χ2n) is 23.9. The van der Waals surface area contributed by atoms with Gasteiger partial charge in [0, 0.05) is 101 Å². The highest BCUT2D eigenvalue weighted by atomic mass is 79.9. The SMILES string of the molecule is C.C.CCOC(=O)c1nc(-c2ccc(Cl)cc2Cl)n(-c2ccc(Br)cc2)c1C.CCOC(=O)c1nc(-c2ccc(Cl)cc2Cl)n(-c2ccc(Br)cc2)c1CBr.CCOC(=O)c1nc(-c2ccc(Cl)cc2Cl)n(-c2ccc(Br)cc2)c1CO.O=C(NN1CCCCC1)c1nc(-c2ccc(Cl)cc2Cl)n(-c2ccc(Br)cc2)c1CO. The van der Waals surface area contributed by atoms with Gasteiger partial charge in [-0.3, -0.25) is 28.5 Å². The van der Waals surface area contributed by atoms with Crippen LogP contribution in [-0.4, -0.2) is 110 Å². The van der Waals surface area contributed by atoms with E-state index in [4.69, 9.17) is 107 Å². The first-order valence-corrected chi connectivity index (χ1v) is 41.3. The Hall–Kier alpha value is -6.92. The first-order valence-electron chi connectivity index (χ1n) is 34.0. The number of rotatable bonds is 19. The van der Waals surface area contributed by atoms with Gasteiger partial charge in [0.2, 0.25) is 0 Å². The third kappa shape index (κ3) is 22.2. The minimum absolute atomic E-state index is 0. The van der Waals surface area contributed by atoms with Crippen molar-refractivity contribution in [3.05, 3.63) is 273 Å². The van der Waals surface area contributed by atoms with Crippen LogP contribution in [0.2, 0.25) is 40.2 Å². The first-order chi connectivity index (χ1) is 53.3. The number of amides is 1. The van der Waals surface area contributed by atoms with E-state index < -0.39 is 24.5 Å². The molecule has 0 aliphatic carbocycles. The summed E-state index contributed by atoms with van der Waals surface area (Å²) in [5.41, 5.74) is 11.4. The molecule has 0 bridgehead atoms. The number of ether oxygens (including phenoxy) is 3. The Morgan fingerprint density at radius 2 is 0.673 bits per heavy atom. The van der Waals surface area contributed by atoms with Crippen LogP contribution in [0.4, 0.5) is 0 Å². The Kier molecular flexibility index (Phi) is 34.7. The number of piperidine rings is 1. The lowest BCUT2D eigenvalue weighted by Gasteiger charge is -2.26. The molecule has 8 aromatic carbocycles. The molecule has 19 nitrogen and oxygen atoms in total. The zero-order chi connectivity index (χ0) is 79.9. The van der Waals surface area contributed by atoms with E-state index in [9.17, 15) is 29.4 Å². The molecule has 0 saturated carbocycles. The molecule has 1 aliphatic heterocycles. The van der Waals surface area contributed by atoms with Crippen molar-refractivity contribution in [2.75, 3.05) is 32.9 Å². The summed E-state index contributed by atoms with van der Waals surface area (Å²) in [7, 11) is 0. The van der Waals surface area contributed by atoms with Crippen molar-refractivity contribution in [1.82, 2.24) is 48.6 Å². The van der Waals surface area contributed by atoms with Crippen LogP contribution >= 0.6 is 172 Å². The standard InChI is InChI=1S/C22H21BrCl2N4O2.C19H14Br2Cl2N2O2.C19H15BrCl2N2O3.C19H15BrCl2N2O2.2CH4/c23-14-4-7-16(8-5-14)29-19(13-30)20(22(31)27-28-10-2-1-3-11-28)26-21(29)17-9-6-15(24)12-18(17)25;1-2-27-19(26)17-16(10-20)25(13-6-3-11(21)4-7-13)18(24-17)14-8-5-12(22)9-15(14)23;1-2-27-19(26)17-16(10-25)24(13-6-3-11(20)4-7-13)18(23-17)14-8-5-12(21)9-15(14)22;1-3-26-19(25)17-11(2)24(14-7-4-12(20)5-8-14)18(23-17)15-9-6-13(21)10-16(15)22;;/h4-9,12,30H,1-3,10-11,13H2,(H,27,31);3-9H,2,10H2,1H3;3-9,25H,2,10H2,1H3;4-10H,3H2,1-2H3;2*1H4. The van der Waals surface area contributed by atoms with Gasteiger partial charge in [0.1, 0.15) is 23.3 Å². The maximum atomic E-state index is 13.1. The number of aliphatic hydroxyl groups excluding tert-OH is 2. The largest absolute Gasteiger partial charge is 0.461 e. The number of halogens is 13. The Balaban J connectivity index is 0.000000188. The van der Waals surface area contributed by atoms with Gasteiger partial charge in [-0.25, -0.2) is 39.3 Å². The zero-order valence-corrected chi connectivity index (χ0v) is 73.1. The smallest absolute Gasteiger partial charge is 0.358 e. The van der Waals surface area contributed by atoms with Crippen molar-refractivity contribution >= 4 is 196 Å². The van der Waals surface area contributed by atoms with Gasteiger partial charge in [0.15, 0.2) is 22.8 Å². The summed E-state index contributed by atoms with van der Waals surface area (Å²) >= 11 is 67.0. The second-order valence-corrected chi connectivity index (χ2v) is 31.5. The summed E-state index contributed by atoms with van der Waals surface area (Å²) in [4.78, 5) is 68.5. The lowest BCUT2D eigenvalue weighted by molar-refractivity contribution is 0.0507. The zero-order valence-electron chi connectivity index (χ0n) is 59.1. The Morgan fingerprint density at radius 1 is 0.398 bits per heavy atom. The van der Waals surface area contributed by atoms with Crippen molar-refractivity contribution in [2.24, 2.45) is 0 Å². The molecule has 3 N–H and O–H groups in total. The minimum atomic E-state index is -0.608. The molecule has 113 heavy (non-hydrogen) atoms. The van der Waals surface area contributed by atoms with Gasteiger partial charge in [-0.2, -0.15) is 0 Å². The minimum Gasteiger partial charge on any atom is -0.461 e. The van der Waals surface area contributed by atoms with E-state index in [1.54, 1.807) is 103 Å². The number of hydrogen-bond donors (Lipinski definition) is 3. The average molecular weight is 2010 g/mol. The molecule has 4 aromatic heterocycles. The topological polar surface area (TPSA) is 223 Å². The van der Waals surface area contributed by atoms with Crippen LogP contribution in [0.3, 0.4) is 0 Å². The number of alkyl halides is 1. The van der Waals surface area contributed by atoms with E-state index in [0.717, 1.165) is 67.3 Å². The van der Waals surface area contributed by atoms with E-state index in [1.165, 1.54) is 0 Å². The monoisotopic (exact) mass is 2000 g/mol. The van der Waals surface area contributed by atoms with Gasteiger partial charge in [-0.1, -0.05) is 194 Å². The van der Waals surface area contributed by atoms with Crippen LogP contribution in [-0.2, 0) is 32.8 Å².